The van der Waals surface area contributed by atoms with Gasteiger partial charge >= 0.3 is 0 Å². The van der Waals surface area contributed by atoms with Gasteiger partial charge in [0.2, 0.25) is 0 Å². The van der Waals surface area contributed by atoms with E-state index < -0.39 is 0 Å². The molecule has 12 radical (unpaired) electrons. The lowest BCUT2D eigenvalue weighted by Gasteiger charge is -2.15. The van der Waals surface area contributed by atoms with E-state index in [2.05, 4.69) is 30.3 Å². The Kier molecular flexibility index (Phi) is 8.97. The Morgan fingerprint density at radius 1 is 0.387 bits per heavy atom. The summed E-state index contributed by atoms with van der Waals surface area (Å²) in [5.41, 5.74) is 11.8. The number of benzene rings is 8. The van der Waals surface area contributed by atoms with E-state index in [0.29, 0.717) is 83.2 Å². The summed E-state index contributed by atoms with van der Waals surface area (Å²) >= 11 is 0. The van der Waals surface area contributed by atoms with Crippen molar-refractivity contribution in [2.75, 3.05) is 0 Å². The summed E-state index contributed by atoms with van der Waals surface area (Å²) in [5.74, 6) is 1.63. The van der Waals surface area contributed by atoms with Crippen LogP contribution in [0.3, 0.4) is 0 Å². The van der Waals surface area contributed by atoms with Gasteiger partial charge in [0.1, 0.15) is 58.2 Å². The first-order valence-electron chi connectivity index (χ1n) is 20.0. The summed E-state index contributed by atoms with van der Waals surface area (Å²) in [6, 6.07) is 51.9. The molecule has 5 nitrogen and oxygen atoms in total. The van der Waals surface area contributed by atoms with E-state index in [1.54, 1.807) is 12.1 Å². The van der Waals surface area contributed by atoms with Gasteiger partial charge in [0, 0.05) is 49.7 Å². The Balaban J connectivity index is 1.16. The molecule has 274 valence electrons. The average molecular weight is 776 g/mol. The molecule has 8 aromatic carbocycles. The molecule has 11 rings (SSSR count). The van der Waals surface area contributed by atoms with Gasteiger partial charge in [0.15, 0.2) is 17.5 Å². The highest BCUT2D eigenvalue weighted by molar-refractivity contribution is 6.62. The van der Waals surface area contributed by atoms with Crippen molar-refractivity contribution >= 4 is 124 Å². The van der Waals surface area contributed by atoms with Crippen LogP contribution in [0.2, 0.25) is 0 Å². The fraction of sp³-hybridized carbons (Fsp3) is 0. The summed E-state index contributed by atoms with van der Waals surface area (Å²) in [7, 11) is 39.8. The molecule has 0 atom stereocenters. The minimum Gasteiger partial charge on any atom is -0.455 e. The molecular weight excluding hydrogens is 749 g/mol. The second-order valence-electron chi connectivity index (χ2n) is 15.4. The highest BCUT2D eigenvalue weighted by Gasteiger charge is 2.23. The van der Waals surface area contributed by atoms with Crippen LogP contribution in [0.15, 0.2) is 162 Å². The zero-order valence-electron chi connectivity index (χ0n) is 33.2. The molecule has 0 fully saturated rings. The minimum absolute atomic E-state index is 0.327. The molecule has 0 N–H and O–H groups in total. The van der Waals surface area contributed by atoms with E-state index in [4.69, 9.17) is 66.4 Å². The molecule has 11 aromatic rings. The molecule has 3 aromatic heterocycles. The van der Waals surface area contributed by atoms with Crippen molar-refractivity contribution in [3.63, 3.8) is 0 Å². The van der Waals surface area contributed by atoms with Gasteiger partial charge in [0.05, 0.1) is 0 Å². The van der Waals surface area contributed by atoms with Crippen molar-refractivity contribution in [3.8, 4) is 62.1 Å². The Morgan fingerprint density at radius 3 is 1.48 bits per heavy atom. The molecular formula is C51H26B6N4O. The number of hydrogen-bond acceptors (Lipinski definition) is 4. The van der Waals surface area contributed by atoms with E-state index in [9.17, 15) is 0 Å². The normalized spacial score (nSPS) is 11.6. The number of rotatable bonds is 6. The summed E-state index contributed by atoms with van der Waals surface area (Å²) < 4.78 is 8.86. The van der Waals surface area contributed by atoms with Gasteiger partial charge in [-0.1, -0.05) is 155 Å². The van der Waals surface area contributed by atoms with Crippen molar-refractivity contribution in [1.29, 1.82) is 0 Å². The zero-order valence-corrected chi connectivity index (χ0v) is 33.2. The Bertz CT molecular complexity index is 3520. The largest absolute Gasteiger partial charge is 0.455 e. The van der Waals surface area contributed by atoms with Crippen LogP contribution < -0.4 is 32.8 Å². The molecule has 0 saturated heterocycles. The lowest BCUT2D eigenvalue weighted by atomic mass is 9.71. The molecule has 62 heavy (non-hydrogen) atoms. The Labute approximate surface area is 365 Å². The third kappa shape index (κ3) is 6.06. The molecule has 0 spiro atoms. The van der Waals surface area contributed by atoms with Gasteiger partial charge in [-0.2, -0.15) is 0 Å². The third-order valence-corrected chi connectivity index (χ3v) is 11.6. The van der Waals surface area contributed by atoms with Crippen molar-refractivity contribution in [3.05, 3.63) is 158 Å². The van der Waals surface area contributed by atoms with Crippen molar-refractivity contribution in [1.82, 2.24) is 19.5 Å². The summed E-state index contributed by atoms with van der Waals surface area (Å²) in [6.45, 7) is 0. The topological polar surface area (TPSA) is 56.7 Å². The van der Waals surface area contributed by atoms with Gasteiger partial charge in [0.25, 0.3) is 0 Å². The van der Waals surface area contributed by atoms with Crippen LogP contribution in [0.25, 0.3) is 106 Å². The average Bonchev–Trinajstić information content (AvgIpc) is 3.88. The van der Waals surface area contributed by atoms with Crippen molar-refractivity contribution in [2.24, 2.45) is 0 Å². The second kappa shape index (κ2) is 14.7. The molecule has 0 bridgehead atoms. The monoisotopic (exact) mass is 776 g/mol. The summed E-state index contributed by atoms with van der Waals surface area (Å²) in [6.07, 6.45) is 0. The fourth-order valence-corrected chi connectivity index (χ4v) is 8.67. The quantitative estimate of drug-likeness (QED) is 0.196. The predicted octanol–water partition coefficient (Wildman–Crippen LogP) is 5.97. The maximum absolute atomic E-state index is 6.87. The maximum atomic E-state index is 6.87. The fourth-order valence-electron chi connectivity index (χ4n) is 8.67. The molecule has 0 saturated carbocycles. The number of furan rings is 1. The minimum atomic E-state index is 0.327. The van der Waals surface area contributed by atoms with Gasteiger partial charge in [-0.3, -0.25) is 0 Å². The summed E-state index contributed by atoms with van der Waals surface area (Å²) in [5, 5.41) is 2.90. The molecule has 11 heteroatoms. The van der Waals surface area contributed by atoms with E-state index in [-0.39, 0.29) is 0 Å². The van der Waals surface area contributed by atoms with E-state index in [1.807, 2.05) is 120 Å². The molecule has 0 aliphatic rings. The van der Waals surface area contributed by atoms with Crippen LogP contribution in [0.5, 0.6) is 0 Å². The Hall–Kier alpha value is -7.24. The number of nitrogens with zero attached hydrogens (tertiary/aromatic N) is 4. The highest BCUT2D eigenvalue weighted by Crippen LogP contribution is 2.41. The van der Waals surface area contributed by atoms with Gasteiger partial charge in [-0.15, -0.1) is 10.9 Å². The molecule has 0 aliphatic heterocycles. The lowest BCUT2D eigenvalue weighted by Crippen LogP contribution is -2.33. The van der Waals surface area contributed by atoms with Crippen LogP contribution in [0, 0.1) is 0 Å². The first kappa shape index (κ1) is 37.7. The van der Waals surface area contributed by atoms with Crippen LogP contribution in [0.1, 0.15) is 0 Å². The van der Waals surface area contributed by atoms with Gasteiger partial charge in [-0.05, 0) is 51.7 Å². The van der Waals surface area contributed by atoms with Crippen molar-refractivity contribution in [2.45, 2.75) is 0 Å². The van der Waals surface area contributed by atoms with Crippen LogP contribution in [-0.4, -0.2) is 66.6 Å². The third-order valence-electron chi connectivity index (χ3n) is 11.6. The van der Waals surface area contributed by atoms with Gasteiger partial charge < -0.3 is 8.98 Å². The maximum Gasteiger partial charge on any atom is 0.164 e. The number of fused-ring (bicyclic) bond motifs is 6. The van der Waals surface area contributed by atoms with Crippen LogP contribution in [-0.2, 0) is 0 Å². The van der Waals surface area contributed by atoms with Gasteiger partial charge in [-0.25, -0.2) is 15.0 Å². The Morgan fingerprint density at radius 2 is 0.887 bits per heavy atom. The lowest BCUT2D eigenvalue weighted by molar-refractivity contribution is 0.670. The molecule has 3 heterocycles. The van der Waals surface area contributed by atoms with Crippen molar-refractivity contribution < 1.29 is 4.42 Å². The molecule has 0 amide bonds. The molecule has 0 aliphatic carbocycles. The summed E-state index contributed by atoms with van der Waals surface area (Å²) in [4.78, 5) is 15.2. The first-order valence-corrected chi connectivity index (χ1v) is 20.0. The SMILES string of the molecule is [B]c1cc([B])c2c(c1[B])c1c([B])c([B])cc([B])c1n2-c1cc(-c2ccccc2)c2oc3cc(-c4nc(-c5ccccc5)nc(-c5ccccc5-c5ccccc5)n4)ccc3c2c1. The second-order valence-corrected chi connectivity index (χ2v) is 15.4. The van der Waals surface area contributed by atoms with E-state index >= 15 is 0 Å². The number of aromatic nitrogens is 4. The number of hydrogen-bond donors (Lipinski definition) is 0. The highest BCUT2D eigenvalue weighted by atomic mass is 16.3. The van der Waals surface area contributed by atoms with Crippen LogP contribution >= 0.6 is 0 Å². The van der Waals surface area contributed by atoms with E-state index in [1.165, 1.54) is 0 Å². The van der Waals surface area contributed by atoms with E-state index in [0.717, 1.165) is 55.4 Å². The standard InChI is InChI=1S/C51H26B6N4O/c52-37-25-39(54)46-42(44(37)56)43-45(57)38(53)26-40(55)47(43)61(46)31-23-35(28-14-6-2-7-15-28)48-36(24-31)33-21-20-30(22-41(33)62-48)50-58-49(29-16-8-3-9-17-29)59-51(60-50)34-19-11-10-18-32(34)27-12-4-1-5-13-27/h1-26H. The zero-order chi connectivity index (χ0) is 42.2. The first-order chi connectivity index (χ1) is 30.2. The van der Waals surface area contributed by atoms with Crippen LogP contribution in [0.4, 0.5) is 0 Å². The predicted molar refractivity (Wildman–Crippen MR) is 261 cm³/mol. The molecule has 0 unspecified atom stereocenters. The smallest absolute Gasteiger partial charge is 0.164 e.